The largest absolute Gasteiger partial charge is 0.497 e. The van der Waals surface area contributed by atoms with Crippen LogP contribution in [0.15, 0.2) is 124 Å². The van der Waals surface area contributed by atoms with Crippen molar-refractivity contribution in [2.45, 2.75) is 0 Å². The second kappa shape index (κ2) is 10.8. The third-order valence-electron chi connectivity index (χ3n) is 6.96. The predicted octanol–water partition coefficient (Wildman–Crippen LogP) is 10.7. The van der Waals surface area contributed by atoms with Crippen LogP contribution in [0.1, 0.15) is 0 Å². The molecule has 39 heavy (non-hydrogen) atoms. The maximum Gasteiger partial charge on any atom is 0.119 e. The molecule has 0 atom stereocenters. The van der Waals surface area contributed by atoms with Gasteiger partial charge < -0.3 is 14.4 Å². The highest BCUT2D eigenvalue weighted by Gasteiger charge is 2.22. The molecule has 0 heterocycles. The minimum Gasteiger partial charge on any atom is -0.497 e. The van der Waals surface area contributed by atoms with Crippen molar-refractivity contribution in [3.63, 3.8) is 0 Å². The molecule has 0 aliphatic rings. The van der Waals surface area contributed by atoms with Gasteiger partial charge in [0.1, 0.15) is 11.5 Å². The summed E-state index contributed by atoms with van der Waals surface area (Å²) in [5, 5.41) is 4.64. The Labute approximate surface area is 244 Å². The molecule has 0 radical (unpaired) electrons. The van der Waals surface area contributed by atoms with Gasteiger partial charge in [0.2, 0.25) is 0 Å². The lowest BCUT2D eigenvalue weighted by Gasteiger charge is -2.30. The average molecular weight is 639 g/mol. The molecule has 0 aliphatic carbocycles. The van der Waals surface area contributed by atoms with Gasteiger partial charge in [-0.25, -0.2) is 0 Å². The van der Waals surface area contributed by atoms with Crippen LogP contribution in [0.4, 0.5) is 17.1 Å². The van der Waals surface area contributed by atoms with E-state index in [1.165, 1.54) is 21.9 Å². The van der Waals surface area contributed by atoms with Crippen LogP contribution in [0.3, 0.4) is 0 Å². The highest BCUT2D eigenvalue weighted by atomic mass is 79.9. The van der Waals surface area contributed by atoms with Gasteiger partial charge in [0.05, 0.1) is 19.9 Å². The Hall–Kier alpha value is -3.80. The molecule has 0 spiro atoms. The maximum absolute atomic E-state index is 5.48. The van der Waals surface area contributed by atoms with E-state index in [4.69, 9.17) is 9.47 Å². The van der Waals surface area contributed by atoms with Gasteiger partial charge in [-0.15, -0.1) is 0 Å². The lowest BCUT2D eigenvalue weighted by Crippen LogP contribution is -2.11. The van der Waals surface area contributed by atoms with E-state index in [-0.39, 0.29) is 0 Å². The fourth-order valence-corrected chi connectivity index (χ4v) is 5.90. The van der Waals surface area contributed by atoms with Gasteiger partial charge in [0.15, 0.2) is 0 Å². The van der Waals surface area contributed by atoms with Crippen LogP contribution in [-0.2, 0) is 0 Å². The second-order valence-corrected chi connectivity index (χ2v) is 11.0. The number of fused-ring (bicyclic) bond motifs is 2. The number of benzene rings is 6. The molecule has 6 rings (SSSR count). The second-order valence-electron chi connectivity index (χ2n) is 9.20. The summed E-state index contributed by atoms with van der Waals surface area (Å²) in [4.78, 5) is 2.32. The fraction of sp³-hybridized carbons (Fsp3) is 0.0588. The van der Waals surface area contributed by atoms with E-state index in [0.29, 0.717) is 0 Å². The van der Waals surface area contributed by atoms with Crippen LogP contribution in [0, 0.1) is 0 Å². The van der Waals surface area contributed by atoms with Crippen molar-refractivity contribution in [1.29, 1.82) is 0 Å². The average Bonchev–Trinajstić information content (AvgIpc) is 2.98. The fourth-order valence-electron chi connectivity index (χ4n) is 5.18. The molecule has 0 saturated carbocycles. The monoisotopic (exact) mass is 637 g/mol. The van der Waals surface area contributed by atoms with Gasteiger partial charge in [0, 0.05) is 31.1 Å². The smallest absolute Gasteiger partial charge is 0.119 e. The number of methoxy groups -OCH3 is 2. The van der Waals surface area contributed by atoms with Gasteiger partial charge in [0.25, 0.3) is 0 Å². The lowest BCUT2D eigenvalue weighted by molar-refractivity contribution is 0.415. The van der Waals surface area contributed by atoms with Gasteiger partial charge in [-0.05, 0) is 94.7 Å². The van der Waals surface area contributed by atoms with E-state index >= 15 is 0 Å². The van der Waals surface area contributed by atoms with E-state index in [2.05, 4.69) is 128 Å². The molecule has 0 fully saturated rings. The minimum absolute atomic E-state index is 0.815. The molecule has 192 valence electrons. The molecule has 0 saturated heterocycles. The molecular formula is C34H25Br2NO2. The van der Waals surface area contributed by atoms with Crippen molar-refractivity contribution in [3.8, 4) is 22.6 Å². The summed E-state index contributed by atoms with van der Waals surface area (Å²) in [7, 11) is 3.38. The number of hydrogen-bond donors (Lipinski definition) is 0. The van der Waals surface area contributed by atoms with Crippen molar-refractivity contribution in [1.82, 2.24) is 0 Å². The van der Waals surface area contributed by atoms with E-state index in [1.54, 1.807) is 14.2 Å². The van der Waals surface area contributed by atoms with Crippen molar-refractivity contribution < 1.29 is 9.47 Å². The van der Waals surface area contributed by atoms with Crippen LogP contribution in [0.2, 0.25) is 0 Å². The Morgan fingerprint density at radius 2 is 0.974 bits per heavy atom. The SMILES string of the molecule is COc1ccc(N(c2ccc(OC)cc2)c2c3ccc(Br)cc3c(-c3ccccc3)c3cc(Br)ccc23)cc1. The van der Waals surface area contributed by atoms with Crippen molar-refractivity contribution in [3.05, 3.63) is 124 Å². The third kappa shape index (κ3) is 4.77. The van der Waals surface area contributed by atoms with E-state index < -0.39 is 0 Å². The Kier molecular flexibility index (Phi) is 7.03. The molecule has 0 aromatic heterocycles. The quantitative estimate of drug-likeness (QED) is 0.169. The van der Waals surface area contributed by atoms with Crippen molar-refractivity contribution >= 4 is 70.5 Å². The predicted molar refractivity (Wildman–Crippen MR) is 170 cm³/mol. The summed E-state index contributed by atoms with van der Waals surface area (Å²) in [5.41, 5.74) is 5.55. The van der Waals surface area contributed by atoms with Gasteiger partial charge in [-0.3, -0.25) is 0 Å². The molecule has 0 bridgehead atoms. The first kappa shape index (κ1) is 25.5. The Morgan fingerprint density at radius 1 is 0.513 bits per heavy atom. The molecule has 3 nitrogen and oxygen atoms in total. The summed E-state index contributed by atoms with van der Waals surface area (Å²) in [5.74, 6) is 1.63. The first-order valence-corrected chi connectivity index (χ1v) is 14.1. The number of ether oxygens (including phenoxy) is 2. The number of anilines is 3. The van der Waals surface area contributed by atoms with Crippen LogP contribution >= 0.6 is 31.9 Å². The Bertz CT molecular complexity index is 1670. The lowest BCUT2D eigenvalue weighted by atomic mass is 9.90. The first-order chi connectivity index (χ1) is 19.1. The summed E-state index contributed by atoms with van der Waals surface area (Å²) in [6.07, 6.45) is 0. The molecule has 0 amide bonds. The highest BCUT2D eigenvalue weighted by molar-refractivity contribution is 9.10. The topological polar surface area (TPSA) is 21.7 Å². The Morgan fingerprint density at radius 3 is 1.41 bits per heavy atom. The van der Waals surface area contributed by atoms with Crippen LogP contribution in [-0.4, -0.2) is 14.2 Å². The molecule has 0 unspecified atom stereocenters. The van der Waals surface area contributed by atoms with E-state index in [0.717, 1.165) is 48.3 Å². The van der Waals surface area contributed by atoms with Crippen LogP contribution < -0.4 is 14.4 Å². The van der Waals surface area contributed by atoms with E-state index in [1.807, 2.05) is 24.3 Å². The number of nitrogens with zero attached hydrogens (tertiary/aromatic N) is 1. The summed E-state index contributed by atoms with van der Waals surface area (Å²) in [6, 6.07) is 40.1. The van der Waals surface area contributed by atoms with Crippen LogP contribution in [0.5, 0.6) is 11.5 Å². The van der Waals surface area contributed by atoms with Gasteiger partial charge >= 0.3 is 0 Å². The zero-order valence-electron chi connectivity index (χ0n) is 21.5. The van der Waals surface area contributed by atoms with Crippen LogP contribution in [0.25, 0.3) is 32.7 Å². The zero-order chi connectivity index (χ0) is 26.9. The third-order valence-corrected chi connectivity index (χ3v) is 7.95. The highest BCUT2D eigenvalue weighted by Crippen LogP contribution is 2.49. The summed E-state index contributed by atoms with van der Waals surface area (Å²) in [6.45, 7) is 0. The summed E-state index contributed by atoms with van der Waals surface area (Å²) >= 11 is 7.50. The van der Waals surface area contributed by atoms with E-state index in [9.17, 15) is 0 Å². The number of hydrogen-bond acceptors (Lipinski definition) is 3. The van der Waals surface area contributed by atoms with Crippen molar-refractivity contribution in [2.75, 3.05) is 19.1 Å². The molecular weight excluding hydrogens is 614 g/mol. The standard InChI is InChI=1S/C34H25Br2NO2/c1-38-27-14-10-25(11-15-27)37(26-12-16-28(39-2)17-13-26)34-29-18-8-23(35)20-31(29)33(22-6-4-3-5-7-22)32-21-24(36)9-19-30(32)34/h3-21H,1-2H3. The van der Waals surface area contributed by atoms with Gasteiger partial charge in [-0.2, -0.15) is 0 Å². The number of rotatable bonds is 6. The zero-order valence-corrected chi connectivity index (χ0v) is 24.7. The Balaban J connectivity index is 1.76. The summed E-state index contributed by atoms with van der Waals surface area (Å²) < 4.78 is 13.0. The molecule has 5 heteroatoms. The molecule has 0 N–H and O–H groups in total. The minimum atomic E-state index is 0.815. The van der Waals surface area contributed by atoms with Crippen molar-refractivity contribution in [2.24, 2.45) is 0 Å². The molecule has 6 aromatic carbocycles. The maximum atomic E-state index is 5.48. The normalized spacial score (nSPS) is 11.1. The molecule has 6 aromatic rings. The van der Waals surface area contributed by atoms with Gasteiger partial charge in [-0.1, -0.05) is 74.3 Å². The molecule has 0 aliphatic heterocycles. The number of halogens is 2. The first-order valence-electron chi connectivity index (χ1n) is 12.6.